The van der Waals surface area contributed by atoms with E-state index in [9.17, 15) is 33.6 Å². The number of unbranched alkanes of at least 4 members (excludes halogenated alkanes) is 6. The average molecular weight is 981 g/mol. The molecule has 400 valence electrons. The monoisotopic (exact) mass is 981 g/mol. The fourth-order valence-electron chi connectivity index (χ4n) is 3.14. The van der Waals surface area contributed by atoms with Gasteiger partial charge in [0.1, 0.15) is 0 Å². The number of carbonyl (C=O) groups excluding carboxylic acids is 7. The Balaban J connectivity index is -0.000000130. The lowest BCUT2D eigenvalue weighted by atomic mass is 10.2. The highest BCUT2D eigenvalue weighted by Crippen LogP contribution is 2.02. The van der Waals surface area contributed by atoms with E-state index in [4.69, 9.17) is 28.4 Å². The van der Waals surface area contributed by atoms with E-state index in [2.05, 4.69) is 71.6 Å². The molecule has 0 saturated carbocycles. The SMILES string of the molecule is C=C(C)C(=O)OC(C)C.C=C(C)C(=O)OCC.C=C(C)C(=O)OCC(C)C.C=C(C)C(=O)OCCC.C=C(C)C(=O)OCCCC.C=C(C)C(=O)OCCCCC.C=C(C)C(=O)OCCCCCC. The molecule has 0 rings (SSSR count). The van der Waals surface area contributed by atoms with Crippen molar-refractivity contribution >= 4 is 41.8 Å². The van der Waals surface area contributed by atoms with E-state index in [1.807, 2.05) is 20.8 Å². The maximum Gasteiger partial charge on any atom is 0.333 e. The summed E-state index contributed by atoms with van der Waals surface area (Å²) in [5.41, 5.74) is 3.24. The van der Waals surface area contributed by atoms with Crippen molar-refractivity contribution in [3.05, 3.63) is 85.1 Å². The van der Waals surface area contributed by atoms with Gasteiger partial charge < -0.3 is 33.2 Å². The first-order chi connectivity index (χ1) is 32.0. The van der Waals surface area contributed by atoms with Crippen molar-refractivity contribution in [3.8, 4) is 0 Å². The molecule has 0 bridgehead atoms. The molecule has 0 N–H and O–H groups in total. The van der Waals surface area contributed by atoms with Crippen molar-refractivity contribution < 1.29 is 66.7 Å². The first-order valence-electron chi connectivity index (χ1n) is 23.8. The van der Waals surface area contributed by atoms with Gasteiger partial charge in [-0.1, -0.05) is 126 Å². The average Bonchev–Trinajstić information content (AvgIpc) is 3.26. The summed E-state index contributed by atoms with van der Waals surface area (Å²) in [4.78, 5) is 74.7. The third-order valence-electron chi connectivity index (χ3n) is 6.99. The molecular formula is C55H96O14. The van der Waals surface area contributed by atoms with E-state index < -0.39 is 0 Å². The smallest absolute Gasteiger partial charge is 0.333 e. The van der Waals surface area contributed by atoms with Crippen LogP contribution in [0.5, 0.6) is 0 Å². The molecule has 69 heavy (non-hydrogen) atoms. The van der Waals surface area contributed by atoms with E-state index in [0.29, 0.717) is 84.6 Å². The Morgan fingerprint density at radius 3 is 0.855 bits per heavy atom. The van der Waals surface area contributed by atoms with Crippen LogP contribution < -0.4 is 0 Å². The lowest BCUT2D eigenvalue weighted by molar-refractivity contribution is -0.143. The minimum Gasteiger partial charge on any atom is -0.463 e. The third-order valence-corrected chi connectivity index (χ3v) is 6.99. The van der Waals surface area contributed by atoms with Crippen molar-refractivity contribution in [1.29, 1.82) is 0 Å². The van der Waals surface area contributed by atoms with Gasteiger partial charge in [0.25, 0.3) is 0 Å². The second-order valence-corrected chi connectivity index (χ2v) is 16.3. The van der Waals surface area contributed by atoms with Crippen LogP contribution in [-0.4, -0.2) is 87.5 Å². The zero-order chi connectivity index (χ0) is 55.5. The quantitative estimate of drug-likeness (QED) is 0.0364. The zero-order valence-corrected chi connectivity index (χ0v) is 46.1. The lowest BCUT2D eigenvalue weighted by Gasteiger charge is -2.05. The summed E-state index contributed by atoms with van der Waals surface area (Å²) >= 11 is 0. The highest BCUT2D eigenvalue weighted by Gasteiger charge is 2.06. The minimum atomic E-state index is -0.315. The minimum absolute atomic E-state index is 0.0470. The molecule has 0 spiro atoms. The Kier molecular flexibility index (Phi) is 62.0. The van der Waals surface area contributed by atoms with Crippen LogP contribution in [0.15, 0.2) is 85.1 Å². The Labute approximate surface area is 419 Å². The molecular weight excluding hydrogens is 885 g/mol. The standard InChI is InChI=1S/C10H18O2.C9H16O2.2C8H14O2.2C7H12O2.C6H10O2/c1-4-5-6-7-8-12-10(11)9(2)3;1-4-5-6-7-11-9(10)8(2)3;1-6(2)5-10-8(9)7(3)4;1-4-5-6-10-8(9)7(2)3;1-5(2)7(8)9-6(3)4;1-4-5-9-7(8)6(2)3;1-4-8-6(7)5(2)3/h2,4-8H2,1,3H3;2,4-7H2,1,3H3;6H,3,5H2,1-2,4H3;2,4-6H2,1,3H3;6H,1H2,2-4H3;2,4-5H2,1,3H3;2,4H2,1,3H3. The number of rotatable bonds is 25. The molecule has 0 amide bonds. The van der Waals surface area contributed by atoms with Crippen LogP contribution >= 0.6 is 0 Å². The largest absolute Gasteiger partial charge is 0.463 e. The first-order valence-corrected chi connectivity index (χ1v) is 23.8. The summed E-state index contributed by atoms with van der Waals surface area (Å²) in [6.07, 6.45) is 10.5. The topological polar surface area (TPSA) is 184 Å². The molecule has 0 aromatic heterocycles. The zero-order valence-electron chi connectivity index (χ0n) is 46.1. The highest BCUT2D eigenvalue weighted by atomic mass is 16.6. The van der Waals surface area contributed by atoms with Crippen LogP contribution in [0.2, 0.25) is 0 Å². The summed E-state index contributed by atoms with van der Waals surface area (Å²) in [5, 5.41) is 0. The van der Waals surface area contributed by atoms with Crippen LogP contribution in [0, 0.1) is 5.92 Å². The Morgan fingerprint density at radius 2 is 0.609 bits per heavy atom. The molecule has 14 nitrogen and oxygen atoms in total. The van der Waals surface area contributed by atoms with Gasteiger partial charge in [-0.2, -0.15) is 0 Å². The van der Waals surface area contributed by atoms with Gasteiger partial charge >= 0.3 is 41.8 Å². The molecule has 0 aromatic carbocycles. The van der Waals surface area contributed by atoms with E-state index in [1.165, 1.54) is 12.8 Å². The van der Waals surface area contributed by atoms with Gasteiger partial charge in [0.15, 0.2) is 0 Å². The molecule has 0 heterocycles. The van der Waals surface area contributed by atoms with Gasteiger partial charge in [-0.3, -0.25) is 0 Å². The van der Waals surface area contributed by atoms with Gasteiger partial charge in [0, 0.05) is 39.0 Å². The predicted octanol–water partition coefficient (Wildman–Crippen LogP) is 12.8. The van der Waals surface area contributed by atoms with Crippen molar-refractivity contribution in [2.45, 2.75) is 181 Å². The summed E-state index contributed by atoms with van der Waals surface area (Å²) in [7, 11) is 0. The van der Waals surface area contributed by atoms with Crippen molar-refractivity contribution in [3.63, 3.8) is 0 Å². The second kappa shape index (κ2) is 55.1. The van der Waals surface area contributed by atoms with E-state index in [0.717, 1.165) is 51.4 Å². The highest BCUT2D eigenvalue weighted by molar-refractivity contribution is 5.89. The second-order valence-electron chi connectivity index (χ2n) is 16.3. The number of esters is 7. The van der Waals surface area contributed by atoms with Gasteiger partial charge in [0.05, 0.1) is 45.7 Å². The maximum absolute atomic E-state index is 10.9. The summed E-state index contributed by atoms with van der Waals surface area (Å²) in [6.45, 7) is 56.2. The van der Waals surface area contributed by atoms with Gasteiger partial charge in [-0.15, -0.1) is 0 Å². The van der Waals surface area contributed by atoms with Crippen molar-refractivity contribution in [2.75, 3.05) is 39.6 Å². The molecule has 0 atom stereocenters. The molecule has 0 fully saturated rings. The Bertz CT molecular complexity index is 1530. The van der Waals surface area contributed by atoms with Gasteiger partial charge in [-0.05, 0) is 101 Å². The van der Waals surface area contributed by atoms with Crippen LogP contribution in [0.3, 0.4) is 0 Å². The summed E-state index contributed by atoms with van der Waals surface area (Å²) in [6, 6.07) is 0. The number of carbonyl (C=O) groups is 7. The fourth-order valence-corrected chi connectivity index (χ4v) is 3.14. The number of ether oxygens (including phenoxy) is 7. The fraction of sp³-hybridized carbons (Fsp3) is 0.618. The molecule has 0 aliphatic rings. The maximum atomic E-state index is 10.9. The van der Waals surface area contributed by atoms with Crippen LogP contribution in [0.1, 0.15) is 175 Å². The molecule has 0 radical (unpaired) electrons. The summed E-state index contributed by atoms with van der Waals surface area (Å²) in [5.74, 6) is -1.66. The molecule has 0 aliphatic carbocycles. The molecule has 14 heteroatoms. The third kappa shape index (κ3) is 71.6. The van der Waals surface area contributed by atoms with Crippen LogP contribution in [0.25, 0.3) is 0 Å². The van der Waals surface area contributed by atoms with Gasteiger partial charge in [0.2, 0.25) is 0 Å². The summed E-state index contributed by atoms with van der Waals surface area (Å²) < 4.78 is 33.5. The molecule has 0 saturated heterocycles. The van der Waals surface area contributed by atoms with Crippen molar-refractivity contribution in [1.82, 2.24) is 0 Å². The lowest BCUT2D eigenvalue weighted by Crippen LogP contribution is -2.11. The Morgan fingerprint density at radius 1 is 0.333 bits per heavy atom. The van der Waals surface area contributed by atoms with E-state index in [-0.39, 0.29) is 47.9 Å². The first kappa shape index (κ1) is 77.7. The normalized spacial score (nSPS) is 9.13. The van der Waals surface area contributed by atoms with Crippen molar-refractivity contribution in [2.24, 2.45) is 5.92 Å². The van der Waals surface area contributed by atoms with E-state index in [1.54, 1.807) is 69.2 Å². The molecule has 0 aromatic rings. The molecule has 0 unspecified atom stereocenters. The van der Waals surface area contributed by atoms with Crippen LogP contribution in [-0.2, 0) is 66.7 Å². The molecule has 0 aliphatic heterocycles. The number of hydrogen-bond acceptors (Lipinski definition) is 14. The van der Waals surface area contributed by atoms with Crippen LogP contribution in [0.4, 0.5) is 0 Å². The van der Waals surface area contributed by atoms with Gasteiger partial charge in [-0.25, -0.2) is 33.6 Å². The number of hydrogen-bond donors (Lipinski definition) is 0. The Hall–Kier alpha value is -5.53. The predicted molar refractivity (Wildman–Crippen MR) is 280 cm³/mol. The van der Waals surface area contributed by atoms with E-state index >= 15 is 0 Å².